The highest BCUT2D eigenvalue weighted by Crippen LogP contribution is 2.31. The normalized spacial score (nSPS) is 11.9. The monoisotopic (exact) mass is 510 g/mol. The molecule has 0 bridgehead atoms. The van der Waals surface area contributed by atoms with Gasteiger partial charge in [-0.15, -0.1) is 0 Å². The van der Waals surface area contributed by atoms with Crippen molar-refractivity contribution in [3.8, 4) is 0 Å². The molecular formula is C26H30N4O7. The van der Waals surface area contributed by atoms with E-state index in [9.17, 15) is 19.2 Å². The number of ether oxygens (including phenoxy) is 3. The maximum Gasteiger partial charge on any atom is 0.508 e. The number of aromatic nitrogens is 2. The summed E-state index contributed by atoms with van der Waals surface area (Å²) in [5.41, 5.74) is 1.08. The number of H-pyrrole nitrogens is 1. The van der Waals surface area contributed by atoms with E-state index >= 15 is 0 Å². The van der Waals surface area contributed by atoms with Crippen molar-refractivity contribution >= 4 is 40.7 Å². The number of nitrogens with one attached hydrogen (secondary N) is 2. The van der Waals surface area contributed by atoms with Gasteiger partial charge in [-0.1, -0.05) is 30.3 Å². The van der Waals surface area contributed by atoms with Gasteiger partial charge in [0, 0.05) is 5.69 Å². The summed E-state index contributed by atoms with van der Waals surface area (Å²) in [7, 11) is 1.19. The zero-order valence-corrected chi connectivity index (χ0v) is 21.1. The van der Waals surface area contributed by atoms with Crippen LogP contribution in [0.25, 0.3) is 11.0 Å². The van der Waals surface area contributed by atoms with E-state index in [-0.39, 0.29) is 13.2 Å². The summed E-state index contributed by atoms with van der Waals surface area (Å²) >= 11 is 0. The number of nitrogens with zero attached hydrogens (tertiary/aromatic N) is 2. The maximum absolute atomic E-state index is 13.7. The summed E-state index contributed by atoms with van der Waals surface area (Å²) in [6.45, 7) is 4.91. The minimum Gasteiger partial charge on any atom is -0.466 e. The van der Waals surface area contributed by atoms with E-state index in [0.29, 0.717) is 16.8 Å². The van der Waals surface area contributed by atoms with E-state index in [4.69, 9.17) is 9.47 Å². The quantitative estimate of drug-likeness (QED) is 0.313. The fourth-order valence-electron chi connectivity index (χ4n) is 3.68. The van der Waals surface area contributed by atoms with E-state index in [2.05, 4.69) is 20.0 Å². The lowest BCUT2D eigenvalue weighted by molar-refractivity contribution is -0.146. The van der Waals surface area contributed by atoms with Crippen molar-refractivity contribution in [2.45, 2.75) is 38.8 Å². The minimum absolute atomic E-state index is 0.0669. The Morgan fingerprint density at radius 2 is 1.84 bits per heavy atom. The molecule has 11 nitrogen and oxygen atoms in total. The molecule has 2 amide bonds. The van der Waals surface area contributed by atoms with Gasteiger partial charge in [0.05, 0.1) is 37.6 Å². The third kappa shape index (κ3) is 7.06. The molecular weight excluding hydrogens is 480 g/mol. The van der Waals surface area contributed by atoms with Crippen LogP contribution >= 0.6 is 0 Å². The number of methoxy groups -OCH3 is 1. The molecule has 0 saturated carbocycles. The van der Waals surface area contributed by atoms with Gasteiger partial charge in [0.1, 0.15) is 18.1 Å². The topological polar surface area (TPSA) is 140 Å². The van der Waals surface area contributed by atoms with Crippen molar-refractivity contribution in [1.82, 2.24) is 15.3 Å². The lowest BCUT2D eigenvalue weighted by atomic mass is 10.0. The van der Waals surface area contributed by atoms with Crippen molar-refractivity contribution in [3.05, 3.63) is 60.4 Å². The first-order valence-corrected chi connectivity index (χ1v) is 11.7. The number of imidazole rings is 1. The lowest BCUT2D eigenvalue weighted by Gasteiger charge is -2.32. The molecule has 3 rings (SSSR count). The minimum atomic E-state index is -1.16. The van der Waals surface area contributed by atoms with Crippen molar-refractivity contribution in [2.75, 3.05) is 25.2 Å². The summed E-state index contributed by atoms with van der Waals surface area (Å²) in [6, 6.07) is 12.6. The van der Waals surface area contributed by atoms with Crippen LogP contribution in [0.5, 0.6) is 0 Å². The highest BCUT2D eigenvalue weighted by molar-refractivity contribution is 6.08. The van der Waals surface area contributed by atoms with Gasteiger partial charge in [-0.3, -0.25) is 19.3 Å². The highest BCUT2D eigenvalue weighted by atomic mass is 16.7. The summed E-state index contributed by atoms with van der Waals surface area (Å²) in [6.07, 6.45) is 0.0571. The Bertz CT molecular complexity index is 1260. The fraction of sp³-hybridized carbons (Fsp3) is 0.346. The number of hydrogen-bond donors (Lipinski definition) is 2. The molecule has 1 aromatic heterocycles. The first kappa shape index (κ1) is 27.2. The Morgan fingerprint density at radius 3 is 2.51 bits per heavy atom. The van der Waals surface area contributed by atoms with E-state index in [0.717, 1.165) is 5.52 Å². The number of aromatic amines is 1. The van der Waals surface area contributed by atoms with E-state index < -0.39 is 42.0 Å². The Kier molecular flexibility index (Phi) is 8.83. The van der Waals surface area contributed by atoms with Crippen molar-refractivity contribution in [1.29, 1.82) is 0 Å². The average molecular weight is 511 g/mol. The zero-order valence-electron chi connectivity index (χ0n) is 21.1. The van der Waals surface area contributed by atoms with Gasteiger partial charge < -0.3 is 24.5 Å². The molecule has 196 valence electrons. The molecule has 0 radical (unpaired) electrons. The van der Waals surface area contributed by atoms with E-state index in [1.54, 1.807) is 69.3 Å². The largest absolute Gasteiger partial charge is 0.508 e. The summed E-state index contributed by atoms with van der Waals surface area (Å²) < 4.78 is 14.7. The number of carbonyl (C=O) groups excluding carboxylic acids is 4. The van der Waals surface area contributed by atoms with Crippen LogP contribution in [-0.2, 0) is 28.6 Å². The van der Waals surface area contributed by atoms with Gasteiger partial charge >= 0.3 is 12.1 Å². The lowest BCUT2D eigenvalue weighted by Crippen LogP contribution is -2.48. The first-order valence-electron chi connectivity index (χ1n) is 11.7. The second-order valence-electron chi connectivity index (χ2n) is 8.70. The molecule has 0 saturated heterocycles. The van der Waals surface area contributed by atoms with Crippen LogP contribution in [0.15, 0.2) is 54.9 Å². The summed E-state index contributed by atoms with van der Waals surface area (Å²) in [5.74, 6) is -1.90. The molecule has 0 aliphatic rings. The number of esters is 1. The van der Waals surface area contributed by atoms with Gasteiger partial charge in [0.25, 0.3) is 0 Å². The van der Waals surface area contributed by atoms with E-state index in [1.807, 2.05) is 0 Å². The molecule has 1 unspecified atom stereocenters. The fourth-order valence-corrected chi connectivity index (χ4v) is 3.68. The number of amides is 2. The number of anilines is 1. The number of benzene rings is 2. The molecule has 2 aromatic carbocycles. The van der Waals surface area contributed by atoms with Gasteiger partial charge in [-0.2, -0.15) is 0 Å². The smallest absolute Gasteiger partial charge is 0.466 e. The SMILES string of the molecule is CCOC(=O)CC(=O)N(c1ccc2[nH]cnc2c1)C(C(=O)NCC(C)(C)OC(=O)OC)c1ccccc1. The van der Waals surface area contributed by atoms with Crippen LogP contribution < -0.4 is 10.2 Å². The number of hydrogen-bond acceptors (Lipinski definition) is 8. The molecule has 0 fully saturated rings. The molecule has 37 heavy (non-hydrogen) atoms. The maximum atomic E-state index is 13.7. The average Bonchev–Trinajstić information content (AvgIpc) is 3.34. The second-order valence-corrected chi connectivity index (χ2v) is 8.70. The Balaban J connectivity index is 2.02. The number of rotatable bonds is 10. The molecule has 1 heterocycles. The van der Waals surface area contributed by atoms with Crippen LogP contribution in [-0.4, -0.2) is 59.8 Å². The van der Waals surface area contributed by atoms with Crippen molar-refractivity contribution < 1.29 is 33.4 Å². The predicted octanol–water partition coefficient (Wildman–Crippen LogP) is 3.27. The standard InChI is InChI=1S/C26H30N4O7/c1-5-36-22(32)14-21(31)30(18-11-12-19-20(13-18)29-16-28-19)23(17-9-7-6-8-10-17)24(33)27-15-26(2,3)37-25(34)35-4/h6-13,16,23H,5,14-15H2,1-4H3,(H,27,33)(H,28,29). The van der Waals surface area contributed by atoms with Crippen LogP contribution in [0.2, 0.25) is 0 Å². The molecule has 2 N–H and O–H groups in total. The Morgan fingerprint density at radius 1 is 1.11 bits per heavy atom. The summed E-state index contributed by atoms with van der Waals surface area (Å²) in [5, 5.41) is 2.76. The third-order valence-electron chi connectivity index (χ3n) is 5.39. The van der Waals surface area contributed by atoms with Crippen LogP contribution in [0.4, 0.5) is 10.5 Å². The Labute approximate surface area is 214 Å². The molecule has 0 spiro atoms. The number of fused-ring (bicyclic) bond motifs is 1. The van der Waals surface area contributed by atoms with Crippen molar-refractivity contribution in [2.24, 2.45) is 0 Å². The van der Waals surface area contributed by atoms with E-state index in [1.165, 1.54) is 18.3 Å². The molecule has 11 heteroatoms. The van der Waals surface area contributed by atoms with Gasteiger partial charge in [-0.05, 0) is 44.5 Å². The molecule has 0 aliphatic heterocycles. The molecule has 0 aliphatic carbocycles. The van der Waals surface area contributed by atoms with Gasteiger partial charge in [0.2, 0.25) is 11.8 Å². The van der Waals surface area contributed by atoms with Crippen molar-refractivity contribution in [3.63, 3.8) is 0 Å². The predicted molar refractivity (Wildman–Crippen MR) is 135 cm³/mol. The Hall–Kier alpha value is -4.41. The third-order valence-corrected chi connectivity index (χ3v) is 5.39. The zero-order chi connectivity index (χ0) is 27.0. The van der Waals surface area contributed by atoms with Gasteiger partial charge in [-0.25, -0.2) is 9.78 Å². The second kappa shape index (κ2) is 12.0. The summed E-state index contributed by atoms with van der Waals surface area (Å²) in [4.78, 5) is 59.5. The number of carbonyl (C=O) groups is 4. The van der Waals surface area contributed by atoms with Crippen LogP contribution in [0, 0.1) is 0 Å². The van der Waals surface area contributed by atoms with Gasteiger partial charge in [0.15, 0.2) is 0 Å². The molecule has 1 atom stereocenters. The molecule has 3 aromatic rings. The highest BCUT2D eigenvalue weighted by Gasteiger charge is 2.35. The first-order chi connectivity index (χ1) is 17.6. The van der Waals surface area contributed by atoms with Crippen LogP contribution in [0.1, 0.15) is 38.8 Å². The van der Waals surface area contributed by atoms with Crippen LogP contribution in [0.3, 0.4) is 0 Å².